The molecular weight excluding hydrogens is 380 g/mol. The van der Waals surface area contributed by atoms with Crippen molar-refractivity contribution in [2.45, 2.75) is 17.9 Å². The Morgan fingerprint density at radius 2 is 1.82 bits per heavy atom. The SMILES string of the molecule is COc1ccc(C(=O)NC(C)c2ccccc2)cc1S(=O)(=O)N1CCOCC1. The molecule has 1 aliphatic rings. The maximum atomic E-state index is 13.0. The summed E-state index contributed by atoms with van der Waals surface area (Å²) in [6.07, 6.45) is 0. The Bertz CT molecular complexity index is 925. The van der Waals surface area contributed by atoms with E-state index in [1.54, 1.807) is 6.07 Å². The van der Waals surface area contributed by atoms with Crippen LogP contribution in [0, 0.1) is 0 Å². The molecule has 28 heavy (non-hydrogen) atoms. The van der Waals surface area contributed by atoms with Crippen molar-refractivity contribution in [3.8, 4) is 5.75 Å². The minimum Gasteiger partial charge on any atom is -0.495 e. The van der Waals surface area contributed by atoms with Gasteiger partial charge in [0.05, 0.1) is 26.4 Å². The quantitative estimate of drug-likeness (QED) is 0.798. The Morgan fingerprint density at radius 3 is 2.46 bits per heavy atom. The summed E-state index contributed by atoms with van der Waals surface area (Å²) in [4.78, 5) is 12.7. The average molecular weight is 404 g/mol. The molecule has 2 aromatic carbocycles. The Labute approximate surface area is 165 Å². The standard InChI is InChI=1S/C20H24N2O5S/c1-15(16-6-4-3-5-7-16)21-20(23)17-8-9-18(26-2)19(14-17)28(24,25)22-10-12-27-13-11-22/h3-9,14-15H,10-13H2,1-2H3,(H,21,23). The number of amides is 1. The molecule has 1 amide bonds. The number of sulfonamides is 1. The highest BCUT2D eigenvalue weighted by molar-refractivity contribution is 7.89. The van der Waals surface area contributed by atoms with Crippen LogP contribution in [0.3, 0.4) is 0 Å². The predicted octanol–water partition coefficient (Wildman–Crippen LogP) is 2.21. The third kappa shape index (κ3) is 4.35. The first-order valence-corrected chi connectivity index (χ1v) is 10.5. The zero-order chi connectivity index (χ0) is 20.1. The highest BCUT2D eigenvalue weighted by atomic mass is 32.2. The minimum absolute atomic E-state index is 0.0167. The molecule has 8 heteroatoms. The summed E-state index contributed by atoms with van der Waals surface area (Å²) < 4.78 is 37.9. The normalized spacial score (nSPS) is 16.4. The number of hydrogen-bond acceptors (Lipinski definition) is 5. The molecule has 0 aliphatic carbocycles. The van der Waals surface area contributed by atoms with E-state index in [2.05, 4.69) is 5.32 Å². The first kappa shape index (κ1) is 20.3. The fourth-order valence-corrected chi connectivity index (χ4v) is 4.64. The fraction of sp³-hybridized carbons (Fsp3) is 0.350. The first-order valence-electron chi connectivity index (χ1n) is 9.05. The first-order chi connectivity index (χ1) is 13.4. The molecule has 1 N–H and O–H groups in total. The second-order valence-corrected chi connectivity index (χ2v) is 8.39. The highest BCUT2D eigenvalue weighted by Crippen LogP contribution is 2.28. The predicted molar refractivity (Wildman–Crippen MR) is 105 cm³/mol. The van der Waals surface area contributed by atoms with Gasteiger partial charge >= 0.3 is 0 Å². The van der Waals surface area contributed by atoms with Crippen molar-refractivity contribution in [2.24, 2.45) is 0 Å². The summed E-state index contributed by atoms with van der Waals surface area (Å²) in [7, 11) is -2.39. The summed E-state index contributed by atoms with van der Waals surface area (Å²) in [6, 6.07) is 13.8. The molecule has 1 fully saturated rings. The van der Waals surface area contributed by atoms with Gasteiger partial charge in [-0.25, -0.2) is 8.42 Å². The van der Waals surface area contributed by atoms with Crippen LogP contribution in [0.5, 0.6) is 5.75 Å². The van der Waals surface area contributed by atoms with E-state index in [1.807, 2.05) is 37.3 Å². The maximum absolute atomic E-state index is 13.0. The van der Waals surface area contributed by atoms with Gasteiger partial charge < -0.3 is 14.8 Å². The smallest absolute Gasteiger partial charge is 0.251 e. The van der Waals surface area contributed by atoms with Crippen molar-refractivity contribution < 1.29 is 22.7 Å². The van der Waals surface area contributed by atoms with Crippen molar-refractivity contribution in [1.82, 2.24) is 9.62 Å². The summed E-state index contributed by atoms with van der Waals surface area (Å²) in [6.45, 7) is 3.11. The van der Waals surface area contributed by atoms with E-state index in [0.29, 0.717) is 13.2 Å². The Morgan fingerprint density at radius 1 is 1.14 bits per heavy atom. The number of carbonyl (C=O) groups excluding carboxylic acids is 1. The van der Waals surface area contributed by atoms with Crippen LogP contribution >= 0.6 is 0 Å². The van der Waals surface area contributed by atoms with Crippen molar-refractivity contribution in [1.29, 1.82) is 0 Å². The van der Waals surface area contributed by atoms with Gasteiger partial charge in [-0.1, -0.05) is 30.3 Å². The third-order valence-electron chi connectivity index (χ3n) is 4.66. The third-order valence-corrected chi connectivity index (χ3v) is 6.58. The number of nitrogens with one attached hydrogen (secondary N) is 1. The monoisotopic (exact) mass is 404 g/mol. The van der Waals surface area contributed by atoms with Gasteiger partial charge in [0.25, 0.3) is 5.91 Å². The van der Waals surface area contributed by atoms with Gasteiger partial charge in [-0.15, -0.1) is 0 Å². The molecule has 1 saturated heterocycles. The lowest BCUT2D eigenvalue weighted by Crippen LogP contribution is -2.40. The molecule has 1 unspecified atom stereocenters. The molecule has 2 aromatic rings. The number of carbonyl (C=O) groups is 1. The van der Waals surface area contributed by atoms with Crippen LogP contribution in [-0.2, 0) is 14.8 Å². The largest absolute Gasteiger partial charge is 0.495 e. The number of nitrogens with zero attached hydrogens (tertiary/aromatic N) is 1. The van der Waals surface area contributed by atoms with Crippen molar-refractivity contribution in [2.75, 3.05) is 33.4 Å². The van der Waals surface area contributed by atoms with Crippen molar-refractivity contribution >= 4 is 15.9 Å². The fourth-order valence-electron chi connectivity index (χ4n) is 3.05. The number of rotatable bonds is 6. The summed E-state index contributed by atoms with van der Waals surface area (Å²) in [5.74, 6) is -0.142. The van der Waals surface area contributed by atoms with Gasteiger partial charge in [0, 0.05) is 18.7 Å². The van der Waals surface area contributed by atoms with Crippen LogP contribution in [0.2, 0.25) is 0 Å². The summed E-state index contributed by atoms with van der Waals surface area (Å²) in [5.41, 5.74) is 1.22. The number of ether oxygens (including phenoxy) is 2. The molecule has 1 heterocycles. The average Bonchev–Trinajstić information content (AvgIpc) is 2.74. The van der Waals surface area contributed by atoms with Crippen LogP contribution in [0.1, 0.15) is 28.9 Å². The van der Waals surface area contributed by atoms with Gasteiger partial charge in [0.1, 0.15) is 10.6 Å². The van der Waals surface area contributed by atoms with Crippen LogP contribution in [-0.4, -0.2) is 52.0 Å². The zero-order valence-corrected chi connectivity index (χ0v) is 16.7. The Kier molecular flexibility index (Phi) is 6.33. The molecule has 0 bridgehead atoms. The second kappa shape index (κ2) is 8.72. The molecule has 150 valence electrons. The molecule has 0 radical (unpaired) electrons. The molecule has 0 aromatic heterocycles. The van der Waals surface area contributed by atoms with Crippen LogP contribution < -0.4 is 10.1 Å². The van der Waals surface area contributed by atoms with Crippen LogP contribution in [0.25, 0.3) is 0 Å². The van der Waals surface area contributed by atoms with E-state index < -0.39 is 10.0 Å². The van der Waals surface area contributed by atoms with Gasteiger partial charge in [0.15, 0.2) is 0 Å². The van der Waals surface area contributed by atoms with E-state index >= 15 is 0 Å². The number of morpholine rings is 1. The van der Waals surface area contributed by atoms with Gasteiger partial charge in [-0.05, 0) is 30.7 Å². The maximum Gasteiger partial charge on any atom is 0.251 e. The summed E-state index contributed by atoms with van der Waals surface area (Å²) in [5, 5.41) is 2.90. The molecular formula is C20H24N2O5S. The molecule has 0 saturated carbocycles. The van der Waals surface area contributed by atoms with Gasteiger partial charge in [-0.3, -0.25) is 4.79 Å². The lowest BCUT2D eigenvalue weighted by atomic mass is 10.1. The van der Waals surface area contributed by atoms with Gasteiger partial charge in [0.2, 0.25) is 10.0 Å². The zero-order valence-electron chi connectivity index (χ0n) is 15.9. The van der Waals surface area contributed by atoms with E-state index in [1.165, 1.54) is 23.5 Å². The van der Waals surface area contributed by atoms with E-state index in [4.69, 9.17) is 9.47 Å². The molecule has 7 nitrogen and oxygen atoms in total. The molecule has 1 atom stereocenters. The van der Waals surface area contributed by atoms with Gasteiger partial charge in [-0.2, -0.15) is 4.31 Å². The molecule has 0 spiro atoms. The lowest BCUT2D eigenvalue weighted by molar-refractivity contribution is 0.0729. The number of methoxy groups -OCH3 is 1. The molecule has 3 rings (SSSR count). The minimum atomic E-state index is -3.79. The van der Waals surface area contributed by atoms with Crippen LogP contribution in [0.4, 0.5) is 0 Å². The van der Waals surface area contributed by atoms with E-state index in [9.17, 15) is 13.2 Å². The Balaban J connectivity index is 1.87. The van der Waals surface area contributed by atoms with Crippen molar-refractivity contribution in [3.63, 3.8) is 0 Å². The number of benzene rings is 2. The van der Waals surface area contributed by atoms with E-state index in [0.717, 1.165) is 5.56 Å². The topological polar surface area (TPSA) is 84.9 Å². The number of hydrogen-bond donors (Lipinski definition) is 1. The van der Waals surface area contributed by atoms with Crippen molar-refractivity contribution in [3.05, 3.63) is 59.7 Å². The lowest BCUT2D eigenvalue weighted by Gasteiger charge is -2.26. The summed E-state index contributed by atoms with van der Waals surface area (Å²) >= 11 is 0. The van der Waals surface area contributed by atoms with E-state index in [-0.39, 0.29) is 41.2 Å². The Hall–Kier alpha value is -2.42. The molecule has 1 aliphatic heterocycles. The second-order valence-electron chi connectivity index (χ2n) is 6.49. The van der Waals surface area contributed by atoms with Crippen LogP contribution in [0.15, 0.2) is 53.4 Å². The highest BCUT2D eigenvalue weighted by Gasteiger charge is 2.30.